The van der Waals surface area contributed by atoms with E-state index in [1.54, 1.807) is 59.9 Å². The Morgan fingerprint density at radius 1 is 1.12 bits per heavy atom. The first-order valence-corrected chi connectivity index (χ1v) is 12.8. The lowest BCUT2D eigenvalue weighted by Gasteiger charge is -2.26. The van der Waals surface area contributed by atoms with Crippen LogP contribution in [0.15, 0.2) is 58.8 Å². The van der Waals surface area contributed by atoms with Crippen molar-refractivity contribution in [3.63, 3.8) is 0 Å². The van der Waals surface area contributed by atoms with E-state index >= 15 is 0 Å². The van der Waals surface area contributed by atoms with Crippen molar-refractivity contribution in [3.8, 4) is 5.75 Å². The number of hydrogen-bond donors (Lipinski definition) is 1. The van der Waals surface area contributed by atoms with Crippen LogP contribution in [0.25, 0.3) is 0 Å². The molecule has 0 saturated carbocycles. The molecule has 3 aromatic rings. The van der Waals surface area contributed by atoms with Crippen molar-refractivity contribution in [2.24, 2.45) is 0 Å². The molecule has 1 aromatic heterocycles. The fourth-order valence-corrected chi connectivity index (χ4v) is 5.34. The lowest BCUT2D eigenvalue weighted by molar-refractivity contribution is 0.0730. The number of rotatable bonds is 8. The quantitative estimate of drug-likeness (QED) is 0.525. The first-order chi connectivity index (χ1) is 15.9. The van der Waals surface area contributed by atoms with Crippen LogP contribution >= 0.6 is 11.3 Å². The zero-order chi connectivity index (χ0) is 23.3. The summed E-state index contributed by atoms with van der Waals surface area (Å²) in [6, 6.07) is 13.5. The number of nitrogens with one attached hydrogen (secondary N) is 1. The molecule has 1 amide bonds. The maximum atomic E-state index is 12.7. The number of sulfonamides is 1. The first-order valence-electron chi connectivity index (χ1n) is 10.5. The van der Waals surface area contributed by atoms with E-state index in [0.717, 1.165) is 16.3 Å². The third-order valence-electron chi connectivity index (χ3n) is 5.15. The van der Waals surface area contributed by atoms with Gasteiger partial charge in [0.2, 0.25) is 10.0 Å². The Morgan fingerprint density at radius 2 is 1.82 bits per heavy atom. The first kappa shape index (κ1) is 23.4. The number of hydrogen-bond acceptors (Lipinski definition) is 7. The maximum absolute atomic E-state index is 12.7. The molecule has 1 aliphatic heterocycles. The molecule has 174 valence electrons. The van der Waals surface area contributed by atoms with Crippen molar-refractivity contribution in [3.05, 3.63) is 75.7 Å². The van der Waals surface area contributed by atoms with Crippen LogP contribution in [-0.2, 0) is 27.9 Å². The van der Waals surface area contributed by atoms with Crippen LogP contribution < -0.4 is 10.1 Å². The van der Waals surface area contributed by atoms with Crippen LogP contribution in [-0.4, -0.2) is 49.9 Å². The fourth-order valence-electron chi connectivity index (χ4n) is 3.33. The monoisotopic (exact) mass is 487 g/mol. The lowest BCUT2D eigenvalue weighted by atomic mass is 10.2. The van der Waals surface area contributed by atoms with Gasteiger partial charge in [0.15, 0.2) is 0 Å². The number of amides is 1. The van der Waals surface area contributed by atoms with Crippen LogP contribution in [0.2, 0.25) is 0 Å². The smallest absolute Gasteiger partial charge is 0.251 e. The Morgan fingerprint density at radius 3 is 2.45 bits per heavy atom. The molecule has 1 N–H and O–H groups in total. The number of carbonyl (C=O) groups excluding carboxylic acids is 1. The van der Waals surface area contributed by atoms with Crippen molar-refractivity contribution in [1.29, 1.82) is 0 Å². The van der Waals surface area contributed by atoms with Gasteiger partial charge in [-0.15, -0.1) is 11.3 Å². The normalized spacial score (nSPS) is 14.7. The minimum Gasteiger partial charge on any atom is -0.487 e. The number of benzene rings is 2. The molecule has 1 aliphatic rings. The Hall–Kier alpha value is -2.79. The molecule has 4 rings (SSSR count). The van der Waals surface area contributed by atoms with Crippen LogP contribution in [0.1, 0.15) is 26.6 Å². The number of thiazole rings is 1. The standard InChI is InChI=1S/C23H25N3O5S2/c1-17-25-20(16-32-17)15-31-21-6-4-19(5-7-21)23(27)24-14-18-2-8-22(9-3-18)33(28,29)26-10-12-30-13-11-26/h2-9,16H,10-15H2,1H3,(H,24,27). The van der Waals surface area contributed by atoms with Gasteiger partial charge in [0.25, 0.3) is 5.91 Å². The summed E-state index contributed by atoms with van der Waals surface area (Å²) in [5.41, 5.74) is 2.20. The third kappa shape index (κ3) is 5.97. The average Bonchev–Trinajstić information content (AvgIpc) is 3.27. The van der Waals surface area contributed by atoms with Crippen LogP contribution in [0.5, 0.6) is 5.75 Å². The summed E-state index contributed by atoms with van der Waals surface area (Å²) < 4.78 is 37.7. The number of nitrogens with zero attached hydrogens (tertiary/aromatic N) is 2. The molecule has 0 bridgehead atoms. The minimum absolute atomic E-state index is 0.221. The van der Waals surface area contributed by atoms with Gasteiger partial charge in [0, 0.05) is 30.6 Å². The third-order valence-corrected chi connectivity index (χ3v) is 7.89. The molecule has 0 atom stereocenters. The van der Waals surface area contributed by atoms with Crippen LogP contribution in [0, 0.1) is 6.92 Å². The Balaban J connectivity index is 1.29. The van der Waals surface area contributed by atoms with Gasteiger partial charge in [0.1, 0.15) is 12.4 Å². The van der Waals surface area contributed by atoms with Crippen LogP contribution in [0.3, 0.4) is 0 Å². The number of ether oxygens (including phenoxy) is 2. The highest BCUT2D eigenvalue weighted by Gasteiger charge is 2.26. The summed E-state index contributed by atoms with van der Waals surface area (Å²) >= 11 is 1.58. The van der Waals surface area contributed by atoms with Crippen molar-refractivity contribution >= 4 is 27.3 Å². The highest BCUT2D eigenvalue weighted by molar-refractivity contribution is 7.89. The summed E-state index contributed by atoms with van der Waals surface area (Å²) in [5, 5.41) is 5.81. The van der Waals surface area contributed by atoms with E-state index in [9.17, 15) is 13.2 Å². The highest BCUT2D eigenvalue weighted by Crippen LogP contribution is 2.18. The van der Waals surface area contributed by atoms with E-state index in [4.69, 9.17) is 9.47 Å². The van der Waals surface area contributed by atoms with E-state index in [-0.39, 0.29) is 17.3 Å². The molecular weight excluding hydrogens is 462 g/mol. The number of aryl methyl sites for hydroxylation is 1. The topological polar surface area (TPSA) is 97.8 Å². The second kappa shape index (κ2) is 10.4. The molecule has 0 aliphatic carbocycles. The average molecular weight is 488 g/mol. The molecule has 0 unspecified atom stereocenters. The Kier molecular flexibility index (Phi) is 7.39. The van der Waals surface area contributed by atoms with E-state index in [1.165, 1.54) is 4.31 Å². The molecule has 2 heterocycles. The summed E-state index contributed by atoms with van der Waals surface area (Å²) in [6.45, 7) is 4.14. The van der Waals surface area contributed by atoms with E-state index in [2.05, 4.69) is 10.3 Å². The van der Waals surface area contributed by atoms with E-state index in [0.29, 0.717) is 44.2 Å². The highest BCUT2D eigenvalue weighted by atomic mass is 32.2. The minimum atomic E-state index is -3.53. The van der Waals surface area contributed by atoms with Gasteiger partial charge in [-0.25, -0.2) is 13.4 Å². The van der Waals surface area contributed by atoms with Gasteiger partial charge in [-0.2, -0.15) is 4.31 Å². The van der Waals surface area contributed by atoms with E-state index in [1.807, 2.05) is 12.3 Å². The fraction of sp³-hybridized carbons (Fsp3) is 0.304. The SMILES string of the molecule is Cc1nc(COc2ccc(C(=O)NCc3ccc(S(=O)(=O)N4CCOCC4)cc3)cc2)cs1. The summed E-state index contributed by atoms with van der Waals surface area (Å²) in [5.74, 6) is 0.441. The maximum Gasteiger partial charge on any atom is 0.251 e. The summed E-state index contributed by atoms with van der Waals surface area (Å²) in [7, 11) is -3.53. The molecule has 1 saturated heterocycles. The van der Waals surface area contributed by atoms with Gasteiger partial charge in [-0.3, -0.25) is 4.79 Å². The van der Waals surface area contributed by atoms with Crippen molar-refractivity contribution in [2.75, 3.05) is 26.3 Å². The molecule has 2 aromatic carbocycles. The summed E-state index contributed by atoms with van der Waals surface area (Å²) in [6.07, 6.45) is 0. The number of aromatic nitrogens is 1. The molecule has 33 heavy (non-hydrogen) atoms. The molecule has 8 nitrogen and oxygen atoms in total. The van der Waals surface area contributed by atoms with Gasteiger partial charge >= 0.3 is 0 Å². The lowest BCUT2D eigenvalue weighted by Crippen LogP contribution is -2.40. The zero-order valence-electron chi connectivity index (χ0n) is 18.2. The molecule has 0 spiro atoms. The van der Waals surface area contributed by atoms with Crippen molar-refractivity contribution in [1.82, 2.24) is 14.6 Å². The predicted octanol–water partition coefficient (Wildman–Crippen LogP) is 2.98. The molecule has 0 radical (unpaired) electrons. The Labute approximate surface area is 197 Å². The number of carbonyl (C=O) groups is 1. The van der Waals surface area contributed by atoms with Crippen LogP contribution in [0.4, 0.5) is 0 Å². The largest absolute Gasteiger partial charge is 0.487 e. The zero-order valence-corrected chi connectivity index (χ0v) is 19.8. The predicted molar refractivity (Wildman–Crippen MR) is 125 cm³/mol. The van der Waals surface area contributed by atoms with Crippen molar-refractivity contribution in [2.45, 2.75) is 25.0 Å². The van der Waals surface area contributed by atoms with Gasteiger partial charge in [-0.05, 0) is 48.9 Å². The number of morpholine rings is 1. The van der Waals surface area contributed by atoms with Gasteiger partial charge in [0.05, 0.1) is 28.8 Å². The Bertz CT molecular complexity index is 1190. The second-order valence-electron chi connectivity index (χ2n) is 7.51. The van der Waals surface area contributed by atoms with Gasteiger partial charge < -0.3 is 14.8 Å². The molecular formula is C23H25N3O5S2. The van der Waals surface area contributed by atoms with Gasteiger partial charge in [-0.1, -0.05) is 12.1 Å². The van der Waals surface area contributed by atoms with Crippen molar-refractivity contribution < 1.29 is 22.7 Å². The molecule has 1 fully saturated rings. The summed E-state index contributed by atoms with van der Waals surface area (Å²) in [4.78, 5) is 17.1. The van der Waals surface area contributed by atoms with E-state index < -0.39 is 10.0 Å². The molecule has 10 heteroatoms. The second-order valence-corrected chi connectivity index (χ2v) is 10.5.